The van der Waals surface area contributed by atoms with Gasteiger partial charge in [-0.15, -0.1) is 0 Å². The molecule has 0 aromatic rings. The Balaban J connectivity index is 5.68. The normalized spacial score (nSPS) is 13.8. The number of hydrogen-bond acceptors (Lipinski definition) is 0. The van der Waals surface area contributed by atoms with Crippen LogP contribution in [0.15, 0.2) is 0 Å². The minimum Gasteiger partial charge on any atom is -0.319 e. The Morgan fingerprint density at radius 3 is 1.00 bits per heavy atom. The first-order chi connectivity index (χ1) is 17.6. The average Bonchev–Trinajstić information content (AvgIpc) is 2.89. The van der Waals surface area contributed by atoms with Crippen LogP contribution >= 0.6 is 0 Å². The molecule has 36 heavy (non-hydrogen) atoms. The first kappa shape index (κ1) is 36.0. The average molecular weight is 509 g/mol. The van der Waals surface area contributed by atoms with Gasteiger partial charge in [0.05, 0.1) is 25.2 Å². The van der Waals surface area contributed by atoms with Crippen LogP contribution in [0.1, 0.15) is 202 Å². The zero-order chi connectivity index (χ0) is 26.8. The first-order valence-electron chi connectivity index (χ1n) is 17.5. The number of rotatable bonds is 29. The fourth-order valence-corrected chi connectivity index (χ4v) is 7.12. The van der Waals surface area contributed by atoms with Crippen LogP contribution in [0, 0.1) is 0 Å². The molecular weight excluding hydrogens is 434 g/mol. The minimum absolute atomic E-state index is 0.540. The van der Waals surface area contributed by atoms with Crippen LogP contribution in [0.5, 0.6) is 0 Å². The number of hydrogen-bond donors (Lipinski definition) is 0. The summed E-state index contributed by atoms with van der Waals surface area (Å²) in [4.78, 5) is 0. The quantitative estimate of drug-likeness (QED) is 0.0696. The van der Waals surface area contributed by atoms with E-state index in [2.05, 4.69) is 41.5 Å². The van der Waals surface area contributed by atoms with Crippen LogP contribution in [0.3, 0.4) is 0 Å². The van der Waals surface area contributed by atoms with Crippen LogP contribution in [-0.4, -0.2) is 29.7 Å². The molecule has 1 heteroatoms. The monoisotopic (exact) mass is 509 g/mol. The van der Waals surface area contributed by atoms with Crippen LogP contribution in [0.4, 0.5) is 0 Å². The third-order valence-corrected chi connectivity index (χ3v) is 9.44. The summed E-state index contributed by atoms with van der Waals surface area (Å²) >= 11 is 0. The summed E-state index contributed by atoms with van der Waals surface area (Å²) in [5.74, 6) is 0. The molecule has 0 N–H and O–H groups in total. The third kappa shape index (κ3) is 15.4. The second-order valence-electron chi connectivity index (χ2n) is 12.4. The van der Waals surface area contributed by atoms with Crippen molar-refractivity contribution in [3.8, 4) is 0 Å². The van der Waals surface area contributed by atoms with Crippen LogP contribution in [0.25, 0.3) is 0 Å². The summed E-state index contributed by atoms with van der Waals surface area (Å²) in [7, 11) is 0. The molecule has 0 aromatic carbocycles. The Morgan fingerprint density at radius 1 is 0.333 bits per heavy atom. The van der Waals surface area contributed by atoms with Crippen molar-refractivity contribution in [1.82, 2.24) is 0 Å². The second-order valence-corrected chi connectivity index (χ2v) is 12.4. The van der Waals surface area contributed by atoms with Gasteiger partial charge < -0.3 is 4.48 Å². The topological polar surface area (TPSA) is 0 Å². The van der Waals surface area contributed by atoms with E-state index in [4.69, 9.17) is 0 Å². The Kier molecular flexibility index (Phi) is 25.2. The van der Waals surface area contributed by atoms with Gasteiger partial charge in [0.1, 0.15) is 0 Å². The zero-order valence-electron chi connectivity index (χ0n) is 26.7. The Bertz CT molecular complexity index is 390. The molecule has 0 aliphatic heterocycles. The van der Waals surface area contributed by atoms with Gasteiger partial charge in [-0.2, -0.15) is 0 Å². The predicted octanol–water partition coefficient (Wildman–Crippen LogP) is 12.4. The summed E-state index contributed by atoms with van der Waals surface area (Å²) < 4.78 is 1.45. The highest BCUT2D eigenvalue weighted by atomic mass is 15.4. The molecule has 1 atom stereocenters. The molecule has 0 radical (unpaired) electrons. The molecule has 0 saturated carbocycles. The summed E-state index contributed by atoms with van der Waals surface area (Å²) in [6.07, 6.45) is 36.1. The first-order valence-corrected chi connectivity index (χ1v) is 17.5. The molecule has 0 aliphatic rings. The van der Waals surface area contributed by atoms with Gasteiger partial charge in [0.15, 0.2) is 0 Å². The van der Waals surface area contributed by atoms with E-state index in [1.54, 1.807) is 0 Å². The molecule has 0 heterocycles. The van der Waals surface area contributed by atoms with E-state index in [0.717, 1.165) is 0 Å². The maximum Gasteiger partial charge on any atom is 0.0992 e. The smallest absolute Gasteiger partial charge is 0.0992 e. The van der Waals surface area contributed by atoms with Gasteiger partial charge in [-0.25, -0.2) is 0 Å². The molecule has 0 fully saturated rings. The summed E-state index contributed by atoms with van der Waals surface area (Å²) in [5.41, 5.74) is 0.540. The largest absolute Gasteiger partial charge is 0.319 e. The molecular formula is C35H74N+. The van der Waals surface area contributed by atoms with E-state index < -0.39 is 0 Å². The van der Waals surface area contributed by atoms with E-state index in [9.17, 15) is 0 Å². The van der Waals surface area contributed by atoms with Crippen molar-refractivity contribution in [3.05, 3.63) is 0 Å². The minimum atomic E-state index is 0.540. The van der Waals surface area contributed by atoms with Crippen LogP contribution in [-0.2, 0) is 0 Å². The van der Waals surface area contributed by atoms with Crippen molar-refractivity contribution in [2.75, 3.05) is 19.6 Å². The van der Waals surface area contributed by atoms with Gasteiger partial charge >= 0.3 is 0 Å². The lowest BCUT2D eigenvalue weighted by Crippen LogP contribution is -2.65. The molecule has 218 valence electrons. The van der Waals surface area contributed by atoms with Crippen molar-refractivity contribution >= 4 is 0 Å². The van der Waals surface area contributed by atoms with Gasteiger partial charge in [-0.3, -0.25) is 0 Å². The molecule has 0 saturated heterocycles. The Labute approximate surface area is 231 Å². The van der Waals surface area contributed by atoms with Gasteiger partial charge in [0.25, 0.3) is 0 Å². The number of quaternary nitrogens is 1. The van der Waals surface area contributed by atoms with E-state index in [1.807, 2.05) is 0 Å². The van der Waals surface area contributed by atoms with E-state index in [0.29, 0.717) is 5.54 Å². The van der Waals surface area contributed by atoms with Gasteiger partial charge in [0, 0.05) is 19.3 Å². The maximum atomic E-state index is 2.56. The van der Waals surface area contributed by atoms with Gasteiger partial charge in [-0.1, -0.05) is 137 Å². The van der Waals surface area contributed by atoms with Crippen molar-refractivity contribution in [1.29, 1.82) is 0 Å². The van der Waals surface area contributed by atoms with E-state index in [1.165, 1.54) is 185 Å². The number of nitrogens with zero attached hydrogens (tertiary/aromatic N) is 1. The van der Waals surface area contributed by atoms with Gasteiger partial charge in [-0.05, 0) is 45.4 Å². The zero-order valence-corrected chi connectivity index (χ0v) is 26.7. The molecule has 0 bridgehead atoms. The van der Waals surface area contributed by atoms with Crippen molar-refractivity contribution < 1.29 is 4.48 Å². The highest BCUT2D eigenvalue weighted by Crippen LogP contribution is 2.41. The van der Waals surface area contributed by atoms with Crippen molar-refractivity contribution in [2.24, 2.45) is 0 Å². The molecule has 1 nitrogen and oxygen atoms in total. The summed E-state index contributed by atoms with van der Waals surface area (Å²) in [5, 5.41) is 0. The molecule has 0 spiro atoms. The molecule has 0 amide bonds. The van der Waals surface area contributed by atoms with Crippen LogP contribution in [0.2, 0.25) is 0 Å². The van der Waals surface area contributed by atoms with Crippen molar-refractivity contribution in [2.45, 2.75) is 208 Å². The molecule has 0 aliphatic carbocycles. The van der Waals surface area contributed by atoms with E-state index in [-0.39, 0.29) is 0 Å². The Hall–Kier alpha value is -0.0400. The lowest BCUT2D eigenvalue weighted by Gasteiger charge is -2.54. The fourth-order valence-electron chi connectivity index (χ4n) is 7.12. The third-order valence-electron chi connectivity index (χ3n) is 9.44. The molecule has 0 rings (SSSR count). The molecule has 0 aromatic heterocycles. The van der Waals surface area contributed by atoms with Crippen LogP contribution < -0.4 is 0 Å². The lowest BCUT2D eigenvalue weighted by atomic mass is 9.77. The summed E-state index contributed by atoms with van der Waals surface area (Å²) in [6, 6.07) is 0. The highest BCUT2D eigenvalue weighted by Gasteiger charge is 2.47. The maximum absolute atomic E-state index is 2.56. The Morgan fingerprint density at radius 2 is 0.667 bits per heavy atom. The lowest BCUT2D eigenvalue weighted by molar-refractivity contribution is -0.977. The molecule has 1 unspecified atom stereocenters. The fraction of sp³-hybridized carbons (Fsp3) is 1.00. The van der Waals surface area contributed by atoms with Gasteiger partial charge in [0.2, 0.25) is 0 Å². The highest BCUT2D eigenvalue weighted by molar-refractivity contribution is 4.84. The van der Waals surface area contributed by atoms with E-state index >= 15 is 0 Å². The number of unbranched alkanes of at least 4 members (excludes halogenated alkanes) is 17. The second kappa shape index (κ2) is 25.2. The predicted molar refractivity (Wildman–Crippen MR) is 167 cm³/mol. The standard InChI is InChI=1S/C35H74N/c1-7-13-17-20-23-26-30-35(31-27-24-21-18-14-8-2,32-28-25-22-19-15-9-3)36(12-6,33-11-5)34-29-16-10-4/h7-34H2,1-6H3/q+1. The van der Waals surface area contributed by atoms with Crippen molar-refractivity contribution in [3.63, 3.8) is 0 Å². The summed E-state index contributed by atoms with van der Waals surface area (Å²) in [6.45, 7) is 18.7. The SMILES string of the molecule is CCCCCCCCC(CCCCCCCC)(CCCCCCCC)[N+](CC)(CCC)CCCCC.